The minimum atomic E-state index is -0.333. The van der Waals surface area contributed by atoms with Crippen LogP contribution in [0.25, 0.3) is 10.2 Å². The quantitative estimate of drug-likeness (QED) is 0.246. The predicted octanol–water partition coefficient (Wildman–Crippen LogP) is 6.04. The van der Waals surface area contributed by atoms with Gasteiger partial charge in [-0.15, -0.1) is 0 Å². The molecule has 162 valence electrons. The van der Waals surface area contributed by atoms with Crippen molar-refractivity contribution in [3.8, 4) is 11.5 Å². The van der Waals surface area contributed by atoms with Gasteiger partial charge in [0.25, 0.3) is 5.91 Å². The Hall–Kier alpha value is -3.42. The van der Waals surface area contributed by atoms with Gasteiger partial charge in [0.05, 0.1) is 30.1 Å². The van der Waals surface area contributed by atoms with Crippen LogP contribution in [-0.4, -0.2) is 30.8 Å². The first-order valence-corrected chi connectivity index (χ1v) is 11.1. The SMILES string of the molecule is CCOc1ccc(/C=N/N(C(=O)c2cccc(Cl)c2)c2nc3ccc(OC)cc3s2)cc1. The monoisotopic (exact) mass is 465 g/mol. The van der Waals surface area contributed by atoms with E-state index in [0.717, 1.165) is 27.3 Å². The number of hydrazone groups is 1. The molecule has 8 heteroatoms. The van der Waals surface area contributed by atoms with Crippen molar-refractivity contribution in [1.82, 2.24) is 4.98 Å². The molecule has 0 radical (unpaired) electrons. The summed E-state index contributed by atoms with van der Waals surface area (Å²) in [5, 5.41) is 6.68. The van der Waals surface area contributed by atoms with Crippen LogP contribution >= 0.6 is 22.9 Å². The van der Waals surface area contributed by atoms with Gasteiger partial charge in [0.1, 0.15) is 11.5 Å². The zero-order valence-corrected chi connectivity index (χ0v) is 19.1. The number of aromatic nitrogens is 1. The highest BCUT2D eigenvalue weighted by atomic mass is 35.5. The van der Waals surface area contributed by atoms with E-state index in [2.05, 4.69) is 10.1 Å². The summed E-state index contributed by atoms with van der Waals surface area (Å²) < 4.78 is 11.7. The number of nitrogens with zero attached hydrogens (tertiary/aromatic N) is 3. The first-order valence-electron chi connectivity index (χ1n) is 9.89. The Morgan fingerprint density at radius 1 is 1.12 bits per heavy atom. The topological polar surface area (TPSA) is 64.0 Å². The summed E-state index contributed by atoms with van der Waals surface area (Å²) in [5.74, 6) is 1.16. The number of carbonyl (C=O) groups is 1. The van der Waals surface area contributed by atoms with Crippen LogP contribution in [0.4, 0.5) is 5.13 Å². The first kappa shape index (κ1) is 21.8. The molecule has 0 aliphatic heterocycles. The number of benzene rings is 3. The molecule has 0 atom stereocenters. The van der Waals surface area contributed by atoms with E-state index in [1.165, 1.54) is 16.3 Å². The van der Waals surface area contributed by atoms with Crippen molar-refractivity contribution in [2.75, 3.05) is 18.7 Å². The fraction of sp³-hybridized carbons (Fsp3) is 0.125. The Kier molecular flexibility index (Phi) is 6.68. The summed E-state index contributed by atoms with van der Waals surface area (Å²) in [4.78, 5) is 17.9. The molecule has 0 N–H and O–H groups in total. The molecule has 0 saturated carbocycles. The molecule has 0 unspecified atom stereocenters. The van der Waals surface area contributed by atoms with Gasteiger partial charge in [-0.2, -0.15) is 10.1 Å². The number of hydrogen-bond acceptors (Lipinski definition) is 6. The molecule has 6 nitrogen and oxygen atoms in total. The molecule has 0 fully saturated rings. The van der Waals surface area contributed by atoms with Crippen LogP contribution in [-0.2, 0) is 0 Å². The molecule has 4 aromatic rings. The summed E-state index contributed by atoms with van der Waals surface area (Å²) in [6.45, 7) is 2.53. The smallest absolute Gasteiger partial charge is 0.280 e. The molecular weight excluding hydrogens is 446 g/mol. The van der Waals surface area contributed by atoms with Crippen LogP contribution in [0.5, 0.6) is 11.5 Å². The first-order chi connectivity index (χ1) is 15.6. The van der Waals surface area contributed by atoms with Gasteiger partial charge >= 0.3 is 0 Å². The number of fused-ring (bicyclic) bond motifs is 1. The molecule has 1 aromatic heterocycles. The molecule has 0 aliphatic carbocycles. The van der Waals surface area contributed by atoms with E-state index >= 15 is 0 Å². The minimum Gasteiger partial charge on any atom is -0.497 e. The lowest BCUT2D eigenvalue weighted by Crippen LogP contribution is -2.25. The summed E-state index contributed by atoms with van der Waals surface area (Å²) >= 11 is 7.46. The lowest BCUT2D eigenvalue weighted by atomic mass is 10.2. The van der Waals surface area contributed by atoms with Gasteiger partial charge in [0.2, 0.25) is 5.13 Å². The third kappa shape index (κ3) is 4.90. The Labute approximate surface area is 194 Å². The van der Waals surface area contributed by atoms with E-state index in [0.29, 0.717) is 22.3 Å². The number of halogens is 1. The Bertz CT molecular complexity index is 1270. The third-order valence-electron chi connectivity index (χ3n) is 4.54. The molecule has 0 aliphatic rings. The lowest BCUT2D eigenvalue weighted by Gasteiger charge is -2.14. The number of carbonyl (C=O) groups excluding carboxylic acids is 1. The zero-order valence-electron chi connectivity index (χ0n) is 17.5. The molecular formula is C24H20ClN3O3S. The molecule has 1 amide bonds. The van der Waals surface area contributed by atoms with Crippen molar-refractivity contribution in [3.05, 3.63) is 82.9 Å². The Morgan fingerprint density at radius 3 is 2.62 bits per heavy atom. The van der Waals surface area contributed by atoms with Crippen LogP contribution < -0.4 is 14.5 Å². The van der Waals surface area contributed by atoms with Crippen molar-refractivity contribution in [3.63, 3.8) is 0 Å². The number of ether oxygens (including phenoxy) is 2. The van der Waals surface area contributed by atoms with Crippen LogP contribution in [0.3, 0.4) is 0 Å². The van der Waals surface area contributed by atoms with Crippen molar-refractivity contribution in [1.29, 1.82) is 0 Å². The Morgan fingerprint density at radius 2 is 1.91 bits per heavy atom. The van der Waals surface area contributed by atoms with Crippen LogP contribution in [0.2, 0.25) is 5.02 Å². The van der Waals surface area contributed by atoms with Crippen molar-refractivity contribution in [2.45, 2.75) is 6.92 Å². The fourth-order valence-electron chi connectivity index (χ4n) is 2.98. The number of hydrogen-bond donors (Lipinski definition) is 0. The zero-order chi connectivity index (χ0) is 22.5. The second kappa shape index (κ2) is 9.80. The molecule has 4 rings (SSSR count). The van der Waals surface area contributed by atoms with Crippen LogP contribution in [0.15, 0.2) is 71.8 Å². The van der Waals surface area contributed by atoms with Crippen LogP contribution in [0, 0.1) is 0 Å². The standard InChI is InChI=1S/C24H20ClN3O3S/c1-3-31-19-9-7-16(8-10-19)15-26-28(23(29)17-5-4-6-18(25)13-17)24-27-21-12-11-20(30-2)14-22(21)32-24/h4-15H,3H2,1-2H3/b26-15+. The second-order valence-electron chi connectivity index (χ2n) is 6.70. The highest BCUT2D eigenvalue weighted by Crippen LogP contribution is 2.32. The molecule has 0 bridgehead atoms. The third-order valence-corrected chi connectivity index (χ3v) is 5.77. The van der Waals surface area contributed by atoms with Crippen LogP contribution in [0.1, 0.15) is 22.8 Å². The van der Waals surface area contributed by atoms with Gasteiger partial charge in [0, 0.05) is 10.6 Å². The largest absolute Gasteiger partial charge is 0.497 e. The van der Waals surface area contributed by atoms with Gasteiger partial charge < -0.3 is 9.47 Å². The highest BCUT2D eigenvalue weighted by Gasteiger charge is 2.21. The van der Waals surface area contributed by atoms with E-state index in [4.69, 9.17) is 21.1 Å². The predicted molar refractivity (Wildman–Crippen MR) is 130 cm³/mol. The molecule has 3 aromatic carbocycles. The van der Waals surface area contributed by atoms with E-state index < -0.39 is 0 Å². The molecule has 32 heavy (non-hydrogen) atoms. The van der Waals surface area contributed by atoms with E-state index in [-0.39, 0.29) is 5.91 Å². The van der Waals surface area contributed by atoms with E-state index in [9.17, 15) is 4.79 Å². The Balaban J connectivity index is 1.71. The number of anilines is 1. The average Bonchev–Trinajstić information content (AvgIpc) is 3.23. The van der Waals surface area contributed by atoms with Gasteiger partial charge in [0.15, 0.2) is 0 Å². The molecule has 1 heterocycles. The number of amides is 1. The number of thiazole rings is 1. The second-order valence-corrected chi connectivity index (χ2v) is 8.15. The minimum absolute atomic E-state index is 0.333. The maximum absolute atomic E-state index is 13.3. The van der Waals surface area contributed by atoms with Gasteiger partial charge in [-0.3, -0.25) is 4.79 Å². The van der Waals surface area contributed by atoms with Gasteiger partial charge in [-0.05, 0) is 73.2 Å². The van der Waals surface area contributed by atoms with E-state index in [1.54, 1.807) is 37.6 Å². The van der Waals surface area contributed by atoms with E-state index in [1.807, 2.05) is 49.4 Å². The molecule has 0 saturated heterocycles. The summed E-state index contributed by atoms with van der Waals surface area (Å²) in [7, 11) is 1.61. The van der Waals surface area contributed by atoms with Gasteiger partial charge in [-0.25, -0.2) is 4.98 Å². The van der Waals surface area contributed by atoms with Crippen molar-refractivity contribution in [2.24, 2.45) is 5.10 Å². The van der Waals surface area contributed by atoms with Crippen molar-refractivity contribution >= 4 is 50.4 Å². The number of rotatable bonds is 7. The average molecular weight is 466 g/mol. The fourth-order valence-corrected chi connectivity index (χ4v) is 4.12. The lowest BCUT2D eigenvalue weighted by molar-refractivity contribution is 0.0988. The normalized spacial score (nSPS) is 11.1. The summed E-state index contributed by atoms with van der Waals surface area (Å²) in [5.41, 5.74) is 1.99. The summed E-state index contributed by atoms with van der Waals surface area (Å²) in [6, 6.07) is 19.8. The van der Waals surface area contributed by atoms with Crippen molar-refractivity contribution < 1.29 is 14.3 Å². The maximum Gasteiger partial charge on any atom is 0.280 e. The summed E-state index contributed by atoms with van der Waals surface area (Å²) in [6.07, 6.45) is 1.62. The maximum atomic E-state index is 13.3. The van der Waals surface area contributed by atoms with Gasteiger partial charge in [-0.1, -0.05) is 29.0 Å². The highest BCUT2D eigenvalue weighted by molar-refractivity contribution is 7.22. The molecule has 0 spiro atoms. The number of methoxy groups -OCH3 is 1.